The van der Waals surface area contributed by atoms with Gasteiger partial charge in [-0.05, 0) is 42.0 Å². The molecule has 3 heterocycles. The molecular weight excluding hydrogens is 491 g/mol. The molecule has 0 radical (unpaired) electrons. The van der Waals surface area contributed by atoms with Crippen molar-refractivity contribution in [2.24, 2.45) is 0 Å². The molecule has 164 valence electrons. The zero-order valence-corrected chi connectivity index (χ0v) is 18.0. The third-order valence-corrected chi connectivity index (χ3v) is 5.78. The summed E-state index contributed by atoms with van der Waals surface area (Å²) < 4.78 is 59.1. The van der Waals surface area contributed by atoms with E-state index in [1.165, 1.54) is 18.2 Å². The molecule has 0 fully saturated rings. The average Bonchev–Trinajstić information content (AvgIpc) is 3.26. The van der Waals surface area contributed by atoms with Gasteiger partial charge in [0.05, 0.1) is 29.3 Å². The van der Waals surface area contributed by atoms with Crippen molar-refractivity contribution in [2.45, 2.75) is 19.3 Å². The topological polar surface area (TPSA) is 55.8 Å². The third-order valence-electron chi connectivity index (χ3n) is 5.25. The van der Waals surface area contributed by atoms with Crippen molar-refractivity contribution >= 4 is 26.9 Å². The normalized spacial score (nSPS) is 14.4. The summed E-state index contributed by atoms with van der Waals surface area (Å²) in [6.45, 7) is 0.869. The monoisotopic (exact) mass is 505 g/mol. The van der Waals surface area contributed by atoms with Gasteiger partial charge in [-0.2, -0.15) is 13.2 Å². The number of hydrogen-bond acceptors (Lipinski definition) is 5. The molecule has 0 N–H and O–H groups in total. The van der Waals surface area contributed by atoms with E-state index in [0.717, 1.165) is 0 Å². The Morgan fingerprint density at radius 1 is 1.06 bits per heavy atom. The molecule has 0 saturated carbocycles. The molecule has 9 heteroatoms. The predicted octanol–water partition coefficient (Wildman–Crippen LogP) is 6.19. The molecule has 0 unspecified atom stereocenters. The predicted molar refractivity (Wildman–Crippen MR) is 114 cm³/mol. The lowest BCUT2D eigenvalue weighted by Gasteiger charge is -2.28. The molecule has 2 aromatic heterocycles. The Hall–Kier alpha value is -3.04. The molecule has 0 spiro atoms. The fraction of sp³-hybridized carbons (Fsp3) is 0.174. The maximum atomic E-state index is 14.0. The molecular formula is C23H15BrF3NO4. The van der Waals surface area contributed by atoms with Crippen LogP contribution in [0, 0.1) is 0 Å². The van der Waals surface area contributed by atoms with Gasteiger partial charge < -0.3 is 13.6 Å². The SMILES string of the molecule is O=c1c(-c2ccc(Br)cc2)c(C(F)(F)F)oc2c3c(ccc12)OCN(Cc1ccco1)C3. The molecule has 32 heavy (non-hydrogen) atoms. The van der Waals surface area contributed by atoms with Crippen molar-refractivity contribution in [1.29, 1.82) is 0 Å². The Morgan fingerprint density at radius 3 is 2.53 bits per heavy atom. The quantitative estimate of drug-likeness (QED) is 0.332. The molecule has 5 nitrogen and oxygen atoms in total. The summed E-state index contributed by atoms with van der Waals surface area (Å²) >= 11 is 3.25. The molecule has 0 amide bonds. The molecule has 0 saturated heterocycles. The molecule has 1 aliphatic rings. The number of halogens is 4. The minimum atomic E-state index is -4.86. The minimum Gasteiger partial charge on any atom is -0.478 e. The smallest absolute Gasteiger partial charge is 0.450 e. The number of furan rings is 1. The number of hydrogen-bond donors (Lipinski definition) is 0. The van der Waals surface area contributed by atoms with Gasteiger partial charge in [0.25, 0.3) is 0 Å². The first-order valence-electron chi connectivity index (χ1n) is 9.64. The van der Waals surface area contributed by atoms with Gasteiger partial charge in [0.15, 0.2) is 0 Å². The summed E-state index contributed by atoms with van der Waals surface area (Å²) in [7, 11) is 0. The fourth-order valence-electron chi connectivity index (χ4n) is 3.81. The lowest BCUT2D eigenvalue weighted by molar-refractivity contribution is -0.152. The standard InChI is InChI=1S/C23H15BrF3NO4/c24-14-5-3-13(4-6-14)19-20(29)16-7-8-18-17(21(16)32-22(19)23(25,26)27)11-28(12-31-18)10-15-2-1-9-30-15/h1-9H,10-12H2. The van der Waals surface area contributed by atoms with Crippen LogP contribution in [0.25, 0.3) is 22.1 Å². The first-order chi connectivity index (χ1) is 15.3. The Labute approximate surface area is 188 Å². The number of nitrogens with zero attached hydrogens (tertiary/aromatic N) is 1. The zero-order chi connectivity index (χ0) is 22.5. The minimum absolute atomic E-state index is 0.0677. The zero-order valence-electron chi connectivity index (χ0n) is 16.4. The van der Waals surface area contributed by atoms with Crippen LogP contribution in [0.2, 0.25) is 0 Å². The largest absolute Gasteiger partial charge is 0.478 e. The van der Waals surface area contributed by atoms with Crippen LogP contribution in [0.3, 0.4) is 0 Å². The van der Waals surface area contributed by atoms with Crippen LogP contribution < -0.4 is 10.2 Å². The number of rotatable bonds is 3. The van der Waals surface area contributed by atoms with E-state index in [9.17, 15) is 18.0 Å². The van der Waals surface area contributed by atoms with Crippen molar-refractivity contribution in [3.8, 4) is 16.9 Å². The molecule has 2 aromatic carbocycles. The van der Waals surface area contributed by atoms with E-state index in [-0.39, 0.29) is 29.8 Å². The molecule has 4 aromatic rings. The highest BCUT2D eigenvalue weighted by atomic mass is 79.9. The van der Waals surface area contributed by atoms with E-state index < -0.39 is 22.9 Å². The summed E-state index contributed by atoms with van der Waals surface area (Å²) in [6, 6.07) is 12.6. The van der Waals surface area contributed by atoms with Crippen LogP contribution in [0.15, 0.2) is 72.9 Å². The van der Waals surface area contributed by atoms with Crippen LogP contribution in [-0.2, 0) is 19.3 Å². The second-order valence-corrected chi connectivity index (χ2v) is 8.31. The van der Waals surface area contributed by atoms with E-state index in [1.54, 1.807) is 36.6 Å². The molecule has 0 aliphatic carbocycles. The Kier molecular flexibility index (Phi) is 5.10. The Balaban J connectivity index is 1.68. The third kappa shape index (κ3) is 3.71. The van der Waals surface area contributed by atoms with Crippen molar-refractivity contribution in [3.05, 3.63) is 86.6 Å². The fourth-order valence-corrected chi connectivity index (χ4v) is 4.08. The van der Waals surface area contributed by atoms with Crippen molar-refractivity contribution in [3.63, 3.8) is 0 Å². The van der Waals surface area contributed by atoms with Gasteiger partial charge in [-0.25, -0.2) is 0 Å². The number of alkyl halides is 3. The van der Waals surface area contributed by atoms with Gasteiger partial charge >= 0.3 is 6.18 Å². The summed E-state index contributed by atoms with van der Waals surface area (Å²) in [6.07, 6.45) is -3.32. The van der Waals surface area contributed by atoms with Gasteiger partial charge in [-0.15, -0.1) is 0 Å². The van der Waals surface area contributed by atoms with Gasteiger partial charge in [-0.3, -0.25) is 9.69 Å². The van der Waals surface area contributed by atoms with E-state index in [4.69, 9.17) is 13.6 Å². The van der Waals surface area contributed by atoms with Crippen molar-refractivity contribution in [2.75, 3.05) is 6.73 Å². The molecule has 5 rings (SSSR count). The second kappa shape index (κ2) is 7.83. The highest BCUT2D eigenvalue weighted by Gasteiger charge is 2.40. The Bertz CT molecular complexity index is 1350. The average molecular weight is 506 g/mol. The first-order valence-corrected chi connectivity index (χ1v) is 10.4. The van der Waals surface area contributed by atoms with Crippen LogP contribution in [-0.4, -0.2) is 11.6 Å². The van der Waals surface area contributed by atoms with Gasteiger partial charge in [0.2, 0.25) is 11.2 Å². The maximum Gasteiger partial charge on any atom is 0.450 e. The van der Waals surface area contributed by atoms with Crippen LogP contribution in [0.1, 0.15) is 17.1 Å². The van der Waals surface area contributed by atoms with E-state index in [0.29, 0.717) is 28.1 Å². The van der Waals surface area contributed by atoms with Crippen LogP contribution in [0.5, 0.6) is 5.75 Å². The van der Waals surface area contributed by atoms with E-state index >= 15 is 0 Å². The van der Waals surface area contributed by atoms with Crippen molar-refractivity contribution < 1.29 is 26.7 Å². The van der Waals surface area contributed by atoms with Gasteiger partial charge in [-0.1, -0.05) is 28.1 Å². The molecule has 1 aliphatic heterocycles. The Morgan fingerprint density at radius 2 is 1.84 bits per heavy atom. The lowest BCUT2D eigenvalue weighted by Crippen LogP contribution is -2.31. The van der Waals surface area contributed by atoms with Crippen molar-refractivity contribution in [1.82, 2.24) is 4.90 Å². The number of fused-ring (bicyclic) bond motifs is 3. The van der Waals surface area contributed by atoms with Gasteiger partial charge in [0.1, 0.15) is 23.8 Å². The maximum absolute atomic E-state index is 14.0. The summed E-state index contributed by atoms with van der Waals surface area (Å²) in [5.41, 5.74) is -0.854. The van der Waals surface area contributed by atoms with E-state index in [2.05, 4.69) is 15.9 Å². The second-order valence-electron chi connectivity index (χ2n) is 7.40. The molecule has 0 bridgehead atoms. The lowest BCUT2D eigenvalue weighted by atomic mass is 10.00. The van der Waals surface area contributed by atoms with E-state index in [1.807, 2.05) is 4.90 Å². The van der Waals surface area contributed by atoms with Crippen LogP contribution in [0.4, 0.5) is 13.2 Å². The van der Waals surface area contributed by atoms with Gasteiger partial charge in [0, 0.05) is 11.0 Å². The molecule has 0 atom stereocenters. The van der Waals surface area contributed by atoms with Crippen LogP contribution >= 0.6 is 15.9 Å². The highest BCUT2D eigenvalue weighted by molar-refractivity contribution is 9.10. The summed E-state index contributed by atoms with van der Waals surface area (Å²) in [5.74, 6) is -0.248. The first kappa shape index (κ1) is 20.8. The highest BCUT2D eigenvalue weighted by Crippen LogP contribution is 2.40. The summed E-state index contributed by atoms with van der Waals surface area (Å²) in [5, 5.41) is 0.0677. The number of benzene rings is 2. The number of ether oxygens (including phenoxy) is 1. The summed E-state index contributed by atoms with van der Waals surface area (Å²) in [4.78, 5) is 15.1.